The molecular formula is C20H34N4O8. The van der Waals surface area contributed by atoms with Crippen molar-refractivity contribution in [3.05, 3.63) is 0 Å². The molecule has 0 spiro atoms. The predicted octanol–water partition coefficient (Wildman–Crippen LogP) is -1.35. The van der Waals surface area contributed by atoms with Crippen molar-refractivity contribution in [3.63, 3.8) is 0 Å². The molecule has 5 atom stereocenters. The standard InChI is InChI=1S/C20H34N4O8/c1-10(2)9-12(21)19(30)24-8-4-5-14(24)18(29)22-13(6-7-15(26)27)17(28)23-16(11(3)25)20(31)32/h10-14,16,25H,4-9,21H2,1-3H3,(H,22,29)(H,23,28)(H,26,27)(H,31,32). The second-order valence-corrected chi connectivity index (χ2v) is 8.48. The number of carboxylic acids is 2. The maximum absolute atomic E-state index is 12.9. The van der Waals surface area contributed by atoms with Gasteiger partial charge in [0.05, 0.1) is 12.1 Å². The molecule has 0 aromatic heterocycles. The molecule has 5 unspecified atom stereocenters. The minimum Gasteiger partial charge on any atom is -0.481 e. The van der Waals surface area contributed by atoms with Crippen LogP contribution in [0.1, 0.15) is 52.9 Å². The Hall–Kier alpha value is -2.73. The summed E-state index contributed by atoms with van der Waals surface area (Å²) in [5.74, 6) is -4.47. The van der Waals surface area contributed by atoms with Crippen LogP contribution in [-0.2, 0) is 24.0 Å². The van der Waals surface area contributed by atoms with Gasteiger partial charge < -0.3 is 36.6 Å². The zero-order valence-electron chi connectivity index (χ0n) is 18.6. The van der Waals surface area contributed by atoms with Crippen LogP contribution in [0.4, 0.5) is 0 Å². The van der Waals surface area contributed by atoms with Gasteiger partial charge in [-0.05, 0) is 38.5 Å². The van der Waals surface area contributed by atoms with Crippen molar-refractivity contribution in [1.82, 2.24) is 15.5 Å². The lowest BCUT2D eigenvalue weighted by Gasteiger charge is -2.29. The highest BCUT2D eigenvalue weighted by Gasteiger charge is 2.38. The number of carbonyl (C=O) groups is 5. The fourth-order valence-corrected chi connectivity index (χ4v) is 3.57. The lowest BCUT2D eigenvalue weighted by molar-refractivity contribution is -0.146. The van der Waals surface area contributed by atoms with E-state index in [0.29, 0.717) is 25.8 Å². The van der Waals surface area contributed by atoms with E-state index in [9.17, 15) is 29.1 Å². The zero-order valence-corrected chi connectivity index (χ0v) is 18.6. The first-order valence-electron chi connectivity index (χ1n) is 10.6. The zero-order chi connectivity index (χ0) is 24.6. The molecule has 0 aliphatic carbocycles. The quantitative estimate of drug-likeness (QED) is 0.204. The van der Waals surface area contributed by atoms with Crippen molar-refractivity contribution in [2.75, 3.05) is 6.54 Å². The third-order valence-corrected chi connectivity index (χ3v) is 5.21. The maximum atomic E-state index is 12.9. The van der Waals surface area contributed by atoms with Crippen molar-refractivity contribution in [2.24, 2.45) is 11.7 Å². The molecule has 0 bridgehead atoms. The number of nitrogens with one attached hydrogen (secondary N) is 2. The van der Waals surface area contributed by atoms with Gasteiger partial charge in [0.2, 0.25) is 17.7 Å². The molecule has 182 valence electrons. The van der Waals surface area contributed by atoms with Crippen LogP contribution < -0.4 is 16.4 Å². The monoisotopic (exact) mass is 458 g/mol. The number of rotatable bonds is 12. The fourth-order valence-electron chi connectivity index (χ4n) is 3.57. The highest BCUT2D eigenvalue weighted by atomic mass is 16.4. The summed E-state index contributed by atoms with van der Waals surface area (Å²) in [6.07, 6.45) is -0.816. The molecule has 1 heterocycles. The van der Waals surface area contributed by atoms with Gasteiger partial charge in [-0.3, -0.25) is 19.2 Å². The summed E-state index contributed by atoms with van der Waals surface area (Å²) < 4.78 is 0. The molecule has 12 heteroatoms. The van der Waals surface area contributed by atoms with Crippen LogP contribution in [-0.4, -0.2) is 86.7 Å². The van der Waals surface area contributed by atoms with Crippen LogP contribution in [0.5, 0.6) is 0 Å². The molecule has 1 saturated heterocycles. The van der Waals surface area contributed by atoms with E-state index >= 15 is 0 Å². The van der Waals surface area contributed by atoms with Crippen LogP contribution in [0.2, 0.25) is 0 Å². The largest absolute Gasteiger partial charge is 0.481 e. The second-order valence-electron chi connectivity index (χ2n) is 8.48. The number of aliphatic hydroxyl groups is 1. The number of aliphatic hydroxyl groups excluding tert-OH is 1. The summed E-state index contributed by atoms with van der Waals surface area (Å²) in [6.45, 7) is 5.35. The Balaban J connectivity index is 2.94. The molecule has 0 saturated carbocycles. The maximum Gasteiger partial charge on any atom is 0.328 e. The number of carboxylic acid groups (broad SMARTS) is 2. The van der Waals surface area contributed by atoms with Crippen molar-refractivity contribution in [2.45, 2.75) is 83.1 Å². The highest BCUT2D eigenvalue weighted by molar-refractivity contribution is 5.94. The minimum absolute atomic E-state index is 0.184. The third kappa shape index (κ3) is 8.08. The highest BCUT2D eigenvalue weighted by Crippen LogP contribution is 2.20. The Bertz CT molecular complexity index is 712. The average Bonchev–Trinajstić information content (AvgIpc) is 3.16. The van der Waals surface area contributed by atoms with Crippen molar-refractivity contribution in [1.29, 1.82) is 0 Å². The number of likely N-dealkylation sites (tertiary alicyclic amines) is 1. The predicted molar refractivity (Wildman–Crippen MR) is 112 cm³/mol. The topological polar surface area (TPSA) is 199 Å². The molecular weight excluding hydrogens is 424 g/mol. The van der Waals surface area contributed by atoms with Crippen molar-refractivity contribution in [3.8, 4) is 0 Å². The van der Waals surface area contributed by atoms with Crippen molar-refractivity contribution >= 4 is 29.7 Å². The molecule has 1 aliphatic rings. The Morgan fingerprint density at radius 1 is 1.09 bits per heavy atom. The van der Waals surface area contributed by atoms with Gasteiger partial charge in [0.1, 0.15) is 12.1 Å². The van der Waals surface area contributed by atoms with Gasteiger partial charge in [0.25, 0.3) is 0 Å². The lowest BCUT2D eigenvalue weighted by Crippen LogP contribution is -2.58. The average molecular weight is 459 g/mol. The third-order valence-electron chi connectivity index (χ3n) is 5.21. The van der Waals surface area contributed by atoms with Crippen LogP contribution in [0.15, 0.2) is 0 Å². The molecule has 12 nitrogen and oxygen atoms in total. The van der Waals surface area contributed by atoms with E-state index in [2.05, 4.69) is 10.6 Å². The first-order chi connectivity index (χ1) is 14.8. The number of hydrogen-bond donors (Lipinski definition) is 6. The number of carbonyl (C=O) groups excluding carboxylic acids is 3. The normalized spacial score (nSPS) is 19.7. The van der Waals surface area contributed by atoms with E-state index in [0.717, 1.165) is 0 Å². The molecule has 32 heavy (non-hydrogen) atoms. The van der Waals surface area contributed by atoms with Crippen molar-refractivity contribution < 1.29 is 39.3 Å². The summed E-state index contributed by atoms with van der Waals surface area (Å²) in [4.78, 5) is 61.7. The lowest BCUT2D eigenvalue weighted by atomic mass is 10.0. The molecule has 1 fully saturated rings. The molecule has 1 rings (SSSR count). The van der Waals surface area contributed by atoms with E-state index in [1.54, 1.807) is 0 Å². The van der Waals surface area contributed by atoms with Gasteiger partial charge >= 0.3 is 11.9 Å². The summed E-state index contributed by atoms with van der Waals surface area (Å²) in [5, 5.41) is 32.2. The van der Waals surface area contributed by atoms with Gasteiger partial charge in [-0.1, -0.05) is 13.8 Å². The first-order valence-corrected chi connectivity index (χ1v) is 10.6. The fraction of sp³-hybridized carbons (Fsp3) is 0.750. The summed E-state index contributed by atoms with van der Waals surface area (Å²) in [5.41, 5.74) is 5.97. The second kappa shape index (κ2) is 12.3. The molecule has 7 N–H and O–H groups in total. The Kier molecular flexibility index (Phi) is 10.5. The number of amides is 3. The Morgan fingerprint density at radius 3 is 2.22 bits per heavy atom. The molecule has 3 amide bonds. The first kappa shape index (κ1) is 27.3. The minimum atomic E-state index is -1.63. The Morgan fingerprint density at radius 2 is 1.72 bits per heavy atom. The van der Waals surface area contributed by atoms with E-state index in [4.69, 9.17) is 15.9 Å². The van der Waals surface area contributed by atoms with Gasteiger partial charge in [0.15, 0.2) is 6.04 Å². The Labute approximate surface area is 186 Å². The number of aliphatic carboxylic acids is 2. The van der Waals surface area contributed by atoms with Gasteiger partial charge in [0, 0.05) is 13.0 Å². The molecule has 0 radical (unpaired) electrons. The number of nitrogens with zero attached hydrogens (tertiary/aromatic N) is 1. The van der Waals surface area contributed by atoms with Crippen LogP contribution in [0.25, 0.3) is 0 Å². The van der Waals surface area contributed by atoms with Crippen LogP contribution in [0, 0.1) is 5.92 Å². The van der Waals surface area contributed by atoms with Gasteiger partial charge in [-0.15, -0.1) is 0 Å². The summed E-state index contributed by atoms with van der Waals surface area (Å²) >= 11 is 0. The smallest absolute Gasteiger partial charge is 0.328 e. The summed E-state index contributed by atoms with van der Waals surface area (Å²) in [7, 11) is 0. The number of hydrogen-bond acceptors (Lipinski definition) is 7. The SMILES string of the molecule is CC(C)CC(N)C(=O)N1CCCC1C(=O)NC(CCC(=O)O)C(=O)NC(C(=O)O)C(C)O. The summed E-state index contributed by atoms with van der Waals surface area (Å²) in [6, 6.07) is -4.63. The number of nitrogens with two attached hydrogens (primary N) is 1. The molecule has 0 aromatic rings. The molecule has 0 aromatic carbocycles. The van der Waals surface area contributed by atoms with E-state index in [1.165, 1.54) is 11.8 Å². The van der Waals surface area contributed by atoms with Gasteiger partial charge in [-0.25, -0.2) is 4.79 Å². The van der Waals surface area contributed by atoms with E-state index in [-0.39, 0.29) is 18.2 Å². The van der Waals surface area contributed by atoms with E-state index in [1.807, 2.05) is 13.8 Å². The molecule has 1 aliphatic heterocycles. The van der Waals surface area contributed by atoms with Gasteiger partial charge in [-0.2, -0.15) is 0 Å². The van der Waals surface area contributed by atoms with Crippen LogP contribution >= 0.6 is 0 Å². The van der Waals surface area contributed by atoms with Crippen LogP contribution in [0.3, 0.4) is 0 Å². The van der Waals surface area contributed by atoms with E-state index < -0.39 is 60.4 Å².